The fourth-order valence-electron chi connectivity index (χ4n) is 1.78. The van der Waals surface area contributed by atoms with Gasteiger partial charge in [0, 0.05) is 10.1 Å². The SMILES string of the molecule is CCCNCc1ccc(Oc2ccc(I)cc2)c(Cl)c1. The molecule has 0 atom stereocenters. The van der Waals surface area contributed by atoms with Gasteiger partial charge in [0.15, 0.2) is 0 Å². The van der Waals surface area contributed by atoms with E-state index in [2.05, 4.69) is 34.8 Å². The summed E-state index contributed by atoms with van der Waals surface area (Å²) in [6.45, 7) is 3.99. The van der Waals surface area contributed by atoms with Crippen molar-refractivity contribution in [3.05, 3.63) is 56.6 Å². The van der Waals surface area contributed by atoms with E-state index in [0.717, 1.165) is 25.3 Å². The monoisotopic (exact) mass is 401 g/mol. The van der Waals surface area contributed by atoms with E-state index in [4.69, 9.17) is 16.3 Å². The van der Waals surface area contributed by atoms with E-state index < -0.39 is 0 Å². The lowest BCUT2D eigenvalue weighted by Gasteiger charge is -2.10. The molecule has 1 N–H and O–H groups in total. The van der Waals surface area contributed by atoms with Crippen LogP contribution in [0.5, 0.6) is 11.5 Å². The van der Waals surface area contributed by atoms with Crippen molar-refractivity contribution in [2.75, 3.05) is 6.54 Å². The van der Waals surface area contributed by atoms with Crippen LogP contribution in [0.25, 0.3) is 0 Å². The van der Waals surface area contributed by atoms with Gasteiger partial charge in [-0.1, -0.05) is 24.6 Å². The summed E-state index contributed by atoms with van der Waals surface area (Å²) in [5.74, 6) is 1.48. The van der Waals surface area contributed by atoms with Gasteiger partial charge in [0.25, 0.3) is 0 Å². The van der Waals surface area contributed by atoms with Crippen molar-refractivity contribution >= 4 is 34.2 Å². The second-order valence-electron chi connectivity index (χ2n) is 4.50. The standard InChI is InChI=1S/C16H17ClINO/c1-2-9-19-11-12-3-8-16(15(17)10-12)20-14-6-4-13(18)5-7-14/h3-8,10,19H,2,9,11H2,1H3. The Hall–Kier alpha value is -0.780. The molecule has 0 amide bonds. The highest BCUT2D eigenvalue weighted by Gasteiger charge is 2.04. The van der Waals surface area contributed by atoms with Gasteiger partial charge in [-0.25, -0.2) is 0 Å². The molecule has 0 radical (unpaired) electrons. The maximum absolute atomic E-state index is 6.27. The van der Waals surface area contributed by atoms with Crippen LogP contribution in [0.3, 0.4) is 0 Å². The second kappa shape index (κ2) is 7.86. The zero-order valence-corrected chi connectivity index (χ0v) is 14.2. The number of ether oxygens (including phenoxy) is 1. The van der Waals surface area contributed by atoms with Crippen LogP contribution in [-0.2, 0) is 6.54 Å². The molecular weight excluding hydrogens is 385 g/mol. The fraction of sp³-hybridized carbons (Fsp3) is 0.250. The lowest BCUT2D eigenvalue weighted by Crippen LogP contribution is -2.13. The predicted octanol–water partition coefficient (Wildman–Crippen LogP) is 5.24. The lowest BCUT2D eigenvalue weighted by molar-refractivity contribution is 0.482. The maximum Gasteiger partial charge on any atom is 0.146 e. The highest BCUT2D eigenvalue weighted by Crippen LogP contribution is 2.30. The first-order valence-electron chi connectivity index (χ1n) is 6.61. The molecule has 0 heterocycles. The summed E-state index contributed by atoms with van der Waals surface area (Å²) in [6.07, 6.45) is 1.13. The molecule has 0 saturated carbocycles. The molecule has 0 aliphatic heterocycles. The highest BCUT2D eigenvalue weighted by atomic mass is 127. The summed E-state index contributed by atoms with van der Waals surface area (Å²) in [5, 5.41) is 3.99. The summed E-state index contributed by atoms with van der Waals surface area (Å²) < 4.78 is 6.97. The number of benzene rings is 2. The van der Waals surface area contributed by atoms with E-state index >= 15 is 0 Å². The van der Waals surface area contributed by atoms with Crippen LogP contribution in [0, 0.1) is 3.57 Å². The third-order valence-corrected chi connectivity index (χ3v) is 3.81. The van der Waals surface area contributed by atoms with Gasteiger partial charge in [-0.05, 0) is 77.5 Å². The Morgan fingerprint density at radius 3 is 2.55 bits per heavy atom. The Morgan fingerprint density at radius 1 is 1.15 bits per heavy atom. The fourth-order valence-corrected chi connectivity index (χ4v) is 2.38. The zero-order valence-electron chi connectivity index (χ0n) is 11.3. The average Bonchev–Trinajstić information content (AvgIpc) is 2.44. The molecule has 106 valence electrons. The van der Waals surface area contributed by atoms with Crippen molar-refractivity contribution in [3.8, 4) is 11.5 Å². The lowest BCUT2D eigenvalue weighted by atomic mass is 10.2. The molecule has 0 aliphatic carbocycles. The molecule has 0 aromatic heterocycles. The van der Waals surface area contributed by atoms with Crippen LogP contribution in [0.1, 0.15) is 18.9 Å². The molecule has 2 aromatic carbocycles. The van der Waals surface area contributed by atoms with E-state index in [1.165, 1.54) is 9.13 Å². The quantitative estimate of drug-likeness (QED) is 0.528. The van der Waals surface area contributed by atoms with Crippen LogP contribution in [-0.4, -0.2) is 6.54 Å². The van der Waals surface area contributed by atoms with Crippen LogP contribution in [0.15, 0.2) is 42.5 Å². The van der Waals surface area contributed by atoms with Crippen LogP contribution < -0.4 is 10.1 Å². The van der Waals surface area contributed by atoms with Gasteiger partial charge in [-0.3, -0.25) is 0 Å². The molecule has 2 nitrogen and oxygen atoms in total. The second-order valence-corrected chi connectivity index (χ2v) is 6.15. The minimum atomic E-state index is 0.638. The first-order valence-corrected chi connectivity index (χ1v) is 8.07. The van der Waals surface area contributed by atoms with E-state index in [-0.39, 0.29) is 0 Å². The van der Waals surface area contributed by atoms with Crippen LogP contribution in [0.4, 0.5) is 0 Å². The van der Waals surface area contributed by atoms with Gasteiger partial charge >= 0.3 is 0 Å². The van der Waals surface area contributed by atoms with Gasteiger partial charge in [0.1, 0.15) is 11.5 Å². The summed E-state index contributed by atoms with van der Waals surface area (Å²) in [6, 6.07) is 13.8. The van der Waals surface area contributed by atoms with Crippen molar-refractivity contribution in [2.45, 2.75) is 19.9 Å². The van der Waals surface area contributed by atoms with Gasteiger partial charge in [-0.2, -0.15) is 0 Å². The Bertz CT molecular complexity index is 557. The van der Waals surface area contributed by atoms with Gasteiger partial charge in [0.2, 0.25) is 0 Å². The number of nitrogens with one attached hydrogen (secondary N) is 1. The molecule has 2 aromatic rings. The molecule has 20 heavy (non-hydrogen) atoms. The van der Waals surface area contributed by atoms with E-state index in [1.807, 2.05) is 42.5 Å². The first kappa shape index (κ1) is 15.6. The Kier molecular flexibility index (Phi) is 6.13. The maximum atomic E-state index is 6.27. The topological polar surface area (TPSA) is 21.3 Å². The van der Waals surface area contributed by atoms with Gasteiger partial charge in [0.05, 0.1) is 5.02 Å². The van der Waals surface area contributed by atoms with Crippen molar-refractivity contribution < 1.29 is 4.74 Å². The molecule has 0 saturated heterocycles. The first-order chi connectivity index (χ1) is 9.69. The molecule has 4 heteroatoms. The minimum absolute atomic E-state index is 0.638. The number of hydrogen-bond acceptors (Lipinski definition) is 2. The van der Waals surface area contributed by atoms with Crippen molar-refractivity contribution in [1.82, 2.24) is 5.32 Å². The Labute approximate surface area is 138 Å². The number of halogens is 2. The highest BCUT2D eigenvalue weighted by molar-refractivity contribution is 14.1. The summed E-state index contributed by atoms with van der Waals surface area (Å²) in [5.41, 5.74) is 1.17. The third-order valence-electron chi connectivity index (χ3n) is 2.79. The largest absolute Gasteiger partial charge is 0.456 e. The smallest absolute Gasteiger partial charge is 0.146 e. The molecule has 0 spiro atoms. The molecule has 0 unspecified atom stereocenters. The average molecular weight is 402 g/mol. The molecule has 2 rings (SSSR count). The summed E-state index contributed by atoms with van der Waals surface area (Å²) >= 11 is 8.53. The predicted molar refractivity (Wildman–Crippen MR) is 92.7 cm³/mol. The Balaban J connectivity index is 2.03. The third kappa shape index (κ3) is 4.65. The van der Waals surface area contributed by atoms with Gasteiger partial charge in [-0.15, -0.1) is 0 Å². The number of hydrogen-bond donors (Lipinski definition) is 1. The van der Waals surface area contributed by atoms with E-state index in [0.29, 0.717) is 10.8 Å². The van der Waals surface area contributed by atoms with Crippen LogP contribution in [0.2, 0.25) is 5.02 Å². The molecule has 0 fully saturated rings. The minimum Gasteiger partial charge on any atom is -0.456 e. The molecule has 0 bridgehead atoms. The van der Waals surface area contributed by atoms with E-state index in [1.54, 1.807) is 0 Å². The van der Waals surface area contributed by atoms with Crippen molar-refractivity contribution in [3.63, 3.8) is 0 Å². The van der Waals surface area contributed by atoms with Crippen LogP contribution >= 0.6 is 34.2 Å². The molecular formula is C16H17ClINO. The zero-order chi connectivity index (χ0) is 14.4. The normalized spacial score (nSPS) is 10.6. The number of rotatable bonds is 6. The summed E-state index contributed by atoms with van der Waals surface area (Å²) in [7, 11) is 0. The van der Waals surface area contributed by atoms with Crippen molar-refractivity contribution in [2.24, 2.45) is 0 Å². The summed E-state index contributed by atoms with van der Waals surface area (Å²) in [4.78, 5) is 0. The van der Waals surface area contributed by atoms with Gasteiger partial charge < -0.3 is 10.1 Å². The van der Waals surface area contributed by atoms with Crippen molar-refractivity contribution in [1.29, 1.82) is 0 Å². The Morgan fingerprint density at radius 2 is 1.90 bits per heavy atom. The molecule has 0 aliphatic rings. The van der Waals surface area contributed by atoms with E-state index in [9.17, 15) is 0 Å².